The summed E-state index contributed by atoms with van der Waals surface area (Å²) in [4.78, 5) is 24.6. The molecule has 0 aromatic rings. The molecule has 0 aromatic carbocycles. The number of aliphatic hydroxyl groups is 2. The molecule has 2 N–H and O–H groups in total. The molecule has 0 spiro atoms. The van der Waals surface area contributed by atoms with Crippen LogP contribution in [0.3, 0.4) is 0 Å². The molecule has 7 nitrogen and oxygen atoms in total. The first-order valence-electron chi connectivity index (χ1n) is 5.74. The molecule has 4 atom stereocenters. The van der Waals surface area contributed by atoms with Crippen molar-refractivity contribution in [3.05, 3.63) is 0 Å². The third-order valence-electron chi connectivity index (χ3n) is 3.10. The number of morpholine rings is 1. The summed E-state index contributed by atoms with van der Waals surface area (Å²) in [5.41, 5.74) is 0. The van der Waals surface area contributed by atoms with Crippen molar-refractivity contribution in [3.63, 3.8) is 0 Å². The first-order chi connectivity index (χ1) is 9.19. The number of halogens is 3. The number of ether oxygens (including phenoxy) is 2. The number of alkyl halides is 3. The normalized spacial score (nSPS) is 34.0. The summed E-state index contributed by atoms with van der Waals surface area (Å²) in [5, 5.41) is 19.4. The second-order valence-electron chi connectivity index (χ2n) is 4.58. The number of nitrogens with zero attached hydrogens (tertiary/aromatic N) is 1. The van der Waals surface area contributed by atoms with Gasteiger partial charge in [0.2, 0.25) is 3.79 Å². The number of carbonyl (C=O) groups is 2. The second-order valence-corrected chi connectivity index (χ2v) is 7.09. The number of rotatable bonds is 1. The fourth-order valence-electron chi connectivity index (χ4n) is 2.28. The molecule has 2 fully saturated rings. The van der Waals surface area contributed by atoms with Gasteiger partial charge in [0.15, 0.2) is 12.6 Å². The van der Waals surface area contributed by atoms with E-state index in [0.717, 1.165) is 4.90 Å². The zero-order valence-corrected chi connectivity index (χ0v) is 12.3. The van der Waals surface area contributed by atoms with Gasteiger partial charge in [0.05, 0.1) is 12.1 Å². The molecule has 2 rings (SSSR count). The summed E-state index contributed by atoms with van der Waals surface area (Å²) >= 11 is 16.4. The van der Waals surface area contributed by atoms with Crippen LogP contribution in [0.2, 0.25) is 0 Å². The van der Waals surface area contributed by atoms with Crippen LogP contribution in [0.1, 0.15) is 12.8 Å². The van der Waals surface area contributed by atoms with Gasteiger partial charge in [-0.05, 0) is 0 Å². The van der Waals surface area contributed by atoms with E-state index in [1.807, 2.05) is 0 Å². The van der Waals surface area contributed by atoms with Gasteiger partial charge in [-0.15, -0.1) is 0 Å². The fraction of sp³-hybridized carbons (Fsp3) is 0.800. The van der Waals surface area contributed by atoms with Crippen LogP contribution in [0.15, 0.2) is 0 Å². The summed E-state index contributed by atoms with van der Waals surface area (Å²) in [7, 11) is 0. The minimum Gasteiger partial charge on any atom is -0.445 e. The molecule has 20 heavy (non-hydrogen) atoms. The van der Waals surface area contributed by atoms with Crippen LogP contribution < -0.4 is 0 Å². The fourth-order valence-corrected chi connectivity index (χ4v) is 2.45. The number of hydrogen-bond acceptors (Lipinski definition) is 6. The molecule has 2 bridgehead atoms. The molecule has 10 heteroatoms. The van der Waals surface area contributed by atoms with Crippen LogP contribution in [0.5, 0.6) is 0 Å². The Balaban J connectivity index is 2.12. The minimum atomic E-state index is -1.77. The maximum Gasteiger partial charge on any atom is 0.410 e. The Morgan fingerprint density at radius 2 is 1.80 bits per heavy atom. The third-order valence-corrected chi connectivity index (χ3v) is 3.42. The van der Waals surface area contributed by atoms with Gasteiger partial charge < -0.3 is 19.7 Å². The Kier molecular flexibility index (Phi) is 4.68. The minimum absolute atomic E-state index is 0.0900. The average molecular weight is 349 g/mol. The van der Waals surface area contributed by atoms with E-state index in [0.29, 0.717) is 0 Å². The molecule has 2 heterocycles. The Hall–Kier alpha value is -0.310. The Labute approximate surface area is 129 Å². The predicted octanol–water partition coefficient (Wildman–Crippen LogP) is 0.562. The Morgan fingerprint density at radius 1 is 1.30 bits per heavy atom. The van der Waals surface area contributed by atoms with Crippen LogP contribution in [0.4, 0.5) is 4.79 Å². The lowest BCUT2D eigenvalue weighted by Gasteiger charge is -2.48. The lowest BCUT2D eigenvalue weighted by atomic mass is 9.92. The lowest BCUT2D eigenvalue weighted by Crippen LogP contribution is -2.66. The molecule has 2 saturated heterocycles. The monoisotopic (exact) mass is 347 g/mol. The number of carbonyl (C=O) groups excluding carboxylic acids is 2. The van der Waals surface area contributed by atoms with E-state index in [1.165, 1.54) is 0 Å². The summed E-state index contributed by atoms with van der Waals surface area (Å²) in [6, 6.07) is -1.85. The van der Waals surface area contributed by atoms with Gasteiger partial charge in [0.1, 0.15) is 12.4 Å². The number of hydrogen-bond donors (Lipinski definition) is 2. The molecule has 114 valence electrons. The largest absolute Gasteiger partial charge is 0.445 e. The topological polar surface area (TPSA) is 96.3 Å². The van der Waals surface area contributed by atoms with Crippen LogP contribution in [-0.4, -0.2) is 62.1 Å². The molecule has 2 aliphatic heterocycles. The summed E-state index contributed by atoms with van der Waals surface area (Å²) in [6.45, 7) is -0.493. The quantitative estimate of drug-likeness (QED) is 0.672. The molecule has 2 aliphatic rings. The van der Waals surface area contributed by atoms with Gasteiger partial charge in [0.25, 0.3) is 0 Å². The summed E-state index contributed by atoms with van der Waals surface area (Å²) in [6.07, 6.45) is -4.03. The van der Waals surface area contributed by atoms with Gasteiger partial charge in [-0.3, -0.25) is 9.69 Å². The maximum atomic E-state index is 12.0. The van der Waals surface area contributed by atoms with E-state index in [-0.39, 0.29) is 18.6 Å². The molecule has 0 aliphatic carbocycles. The number of Topliss-reactive ketones (excluding diaryl/α,β-unsaturated/α-hetero) is 1. The van der Waals surface area contributed by atoms with Crippen molar-refractivity contribution < 1.29 is 29.3 Å². The van der Waals surface area contributed by atoms with Crippen LogP contribution in [0.25, 0.3) is 0 Å². The molecule has 0 radical (unpaired) electrons. The van der Waals surface area contributed by atoms with Crippen LogP contribution in [-0.2, 0) is 14.3 Å². The SMILES string of the molecule is O=C1C[C@@H]2[C@H](O)O[C@H](O)[C@H](C1)N2C(=O)OCC(Cl)(Cl)Cl. The lowest BCUT2D eigenvalue weighted by molar-refractivity contribution is -0.289. The zero-order chi connectivity index (χ0) is 15.1. The molecule has 0 saturated carbocycles. The third kappa shape index (κ3) is 3.47. The van der Waals surface area contributed by atoms with Crippen LogP contribution in [0, 0.1) is 0 Å². The van der Waals surface area contributed by atoms with Gasteiger partial charge in [-0.25, -0.2) is 4.79 Å². The number of ketones is 1. The highest BCUT2D eigenvalue weighted by Gasteiger charge is 2.50. The van der Waals surface area contributed by atoms with E-state index < -0.39 is 41.2 Å². The number of aliphatic hydroxyl groups excluding tert-OH is 2. The zero-order valence-electron chi connectivity index (χ0n) is 10.0. The highest BCUT2D eigenvalue weighted by molar-refractivity contribution is 6.67. The predicted molar refractivity (Wildman–Crippen MR) is 68.4 cm³/mol. The smallest absolute Gasteiger partial charge is 0.410 e. The van der Waals surface area contributed by atoms with Gasteiger partial charge in [-0.2, -0.15) is 0 Å². The highest BCUT2D eigenvalue weighted by Crippen LogP contribution is 2.33. The van der Waals surface area contributed by atoms with Gasteiger partial charge in [-0.1, -0.05) is 34.8 Å². The van der Waals surface area contributed by atoms with Crippen molar-refractivity contribution in [1.82, 2.24) is 4.90 Å². The number of fused-ring (bicyclic) bond motifs is 2. The van der Waals surface area contributed by atoms with E-state index >= 15 is 0 Å². The van der Waals surface area contributed by atoms with E-state index in [1.54, 1.807) is 0 Å². The molecular formula is C10H12Cl3NO6. The molecular weight excluding hydrogens is 336 g/mol. The van der Waals surface area contributed by atoms with E-state index in [9.17, 15) is 19.8 Å². The summed E-state index contributed by atoms with van der Waals surface area (Å²) < 4.78 is 7.90. The van der Waals surface area contributed by atoms with Gasteiger partial charge in [0, 0.05) is 12.8 Å². The highest BCUT2D eigenvalue weighted by atomic mass is 35.6. The first kappa shape index (κ1) is 16.1. The van der Waals surface area contributed by atoms with Gasteiger partial charge >= 0.3 is 6.09 Å². The molecule has 0 aromatic heterocycles. The van der Waals surface area contributed by atoms with Crippen LogP contribution >= 0.6 is 34.8 Å². The Bertz CT molecular complexity index is 394. The second kappa shape index (κ2) is 5.82. The van der Waals surface area contributed by atoms with Crippen molar-refractivity contribution in [2.75, 3.05) is 6.61 Å². The maximum absolute atomic E-state index is 12.0. The average Bonchev–Trinajstić information content (AvgIpc) is 2.32. The van der Waals surface area contributed by atoms with Crippen molar-refractivity contribution in [3.8, 4) is 0 Å². The van der Waals surface area contributed by atoms with Crippen molar-refractivity contribution in [2.45, 2.75) is 41.3 Å². The van der Waals surface area contributed by atoms with Crippen molar-refractivity contribution in [1.29, 1.82) is 0 Å². The van der Waals surface area contributed by atoms with Crippen molar-refractivity contribution >= 4 is 46.7 Å². The number of piperidine rings is 1. The number of amides is 1. The van der Waals surface area contributed by atoms with E-state index in [4.69, 9.17) is 44.3 Å². The molecule has 1 amide bonds. The standard InChI is InChI=1S/C10H12Cl3NO6/c11-10(12,13)3-19-9(18)14-5-1-4(15)2-6(14)8(17)20-7(5)16/h5-8,16-17H,1-3H2/t5-,6+,7-,8+. The van der Waals surface area contributed by atoms with E-state index in [2.05, 4.69) is 0 Å². The Morgan fingerprint density at radius 3 is 2.25 bits per heavy atom. The molecule has 0 unspecified atom stereocenters. The first-order valence-corrected chi connectivity index (χ1v) is 6.87. The van der Waals surface area contributed by atoms with Crippen molar-refractivity contribution in [2.24, 2.45) is 0 Å². The summed E-state index contributed by atoms with van der Waals surface area (Å²) in [5.74, 6) is -0.188.